The maximum absolute atomic E-state index is 13.4. The number of aliphatic carboxylic acids is 1. The second-order valence-electron chi connectivity index (χ2n) is 25.5. The number of carboxylic acids is 1. The van der Waals surface area contributed by atoms with Crippen LogP contribution in [0.1, 0.15) is 107 Å². The molecular weight excluding hydrogens is 1040 g/mol. The first-order valence-corrected chi connectivity index (χ1v) is 27.7. The Morgan fingerprint density at radius 2 is 1.24 bits per heavy atom. The van der Waals surface area contributed by atoms with Crippen molar-refractivity contribution in [3.05, 3.63) is 23.3 Å². The summed E-state index contributed by atoms with van der Waals surface area (Å²) in [5.41, 5.74) is -3.78. The molecule has 24 nitrogen and oxygen atoms in total. The predicted molar refractivity (Wildman–Crippen MR) is 269 cm³/mol. The number of esters is 2. The molecular formula is C55H86O24. The molecule has 3 aliphatic heterocycles. The average molecular weight is 1130 g/mol. The van der Waals surface area contributed by atoms with E-state index in [0.717, 1.165) is 5.57 Å². The van der Waals surface area contributed by atoms with Gasteiger partial charge in [-0.25, -0.2) is 9.59 Å². The Bertz CT molecular complexity index is 2290. The Morgan fingerprint density at radius 3 is 1.76 bits per heavy atom. The highest BCUT2D eigenvalue weighted by Gasteiger charge is 2.74. The third kappa shape index (κ3) is 9.94. The lowest BCUT2D eigenvalue weighted by Gasteiger charge is -2.72. The molecule has 27 atom stereocenters. The van der Waals surface area contributed by atoms with E-state index in [9.17, 15) is 80.8 Å². The van der Waals surface area contributed by atoms with Crippen LogP contribution in [0.5, 0.6) is 0 Å². The van der Waals surface area contributed by atoms with Crippen LogP contribution in [-0.2, 0) is 52.3 Å². The lowest BCUT2D eigenvalue weighted by atomic mass is 9.33. The molecule has 79 heavy (non-hydrogen) atoms. The number of aliphatic hydroxyl groups is 12. The van der Waals surface area contributed by atoms with Crippen molar-refractivity contribution in [3.63, 3.8) is 0 Å². The summed E-state index contributed by atoms with van der Waals surface area (Å²) in [6.07, 6.45) is -26.5. The first-order valence-electron chi connectivity index (χ1n) is 27.7. The van der Waals surface area contributed by atoms with Crippen LogP contribution >= 0.6 is 0 Å². The van der Waals surface area contributed by atoms with Crippen molar-refractivity contribution in [2.45, 2.75) is 224 Å². The van der Waals surface area contributed by atoms with Crippen LogP contribution in [0.15, 0.2) is 23.3 Å². The Balaban J connectivity index is 1.12. The predicted octanol–water partition coefficient (Wildman–Crippen LogP) is -1.32. The molecule has 3 saturated heterocycles. The van der Waals surface area contributed by atoms with Crippen molar-refractivity contribution in [1.29, 1.82) is 0 Å². The summed E-state index contributed by atoms with van der Waals surface area (Å²) < 4.78 is 48.2. The fourth-order valence-corrected chi connectivity index (χ4v) is 16.2. The van der Waals surface area contributed by atoms with E-state index in [2.05, 4.69) is 26.8 Å². The molecule has 24 heteroatoms. The van der Waals surface area contributed by atoms with Gasteiger partial charge in [0.2, 0.25) is 0 Å². The Kier molecular flexibility index (Phi) is 17.8. The quantitative estimate of drug-likeness (QED) is 0.0415. The van der Waals surface area contributed by atoms with Gasteiger partial charge in [0.25, 0.3) is 0 Å². The maximum atomic E-state index is 13.4. The first kappa shape index (κ1) is 62.2. The van der Waals surface area contributed by atoms with E-state index in [-0.39, 0.29) is 24.7 Å². The molecule has 0 radical (unpaired) electrons. The summed E-state index contributed by atoms with van der Waals surface area (Å²) in [5, 5.41) is 143. The molecule has 4 saturated carbocycles. The SMILES string of the molecule is C/C=C(/C)C(=O)O[C@H]1[C@H](OC(C)=O)[C@]2(CO)[C@H](O)C[C@]3(C)C(=CCC4[C@@]5(C)CC[C@H](O[C@@H]6O[C@H](C(=O)O)[C@@H](O[C@@H]7O[C@H](CO)[C@@H](O)[C@H](O)[C@H]7O)[C@H](O)[C@H]6O[C@@H]6O[C@H](CO)[C@@H](O)[C@H](O)[C@H]6O)[C@](C)(CO)C5CC[C@]43C)[C@@H]2CC1(C)C. The van der Waals surface area contributed by atoms with Crippen molar-refractivity contribution in [2.24, 2.45) is 50.2 Å². The van der Waals surface area contributed by atoms with Crippen LogP contribution in [0.3, 0.4) is 0 Å². The van der Waals surface area contributed by atoms with Gasteiger partial charge in [0, 0.05) is 23.3 Å². The van der Waals surface area contributed by atoms with E-state index in [0.29, 0.717) is 37.7 Å². The zero-order valence-electron chi connectivity index (χ0n) is 46.4. The van der Waals surface area contributed by atoms with E-state index >= 15 is 0 Å². The number of allylic oxidation sites excluding steroid dienone is 3. The summed E-state index contributed by atoms with van der Waals surface area (Å²) in [6.45, 7) is 14.1. The van der Waals surface area contributed by atoms with Crippen molar-refractivity contribution >= 4 is 17.9 Å². The molecule has 13 N–H and O–H groups in total. The molecule has 0 amide bonds. The largest absolute Gasteiger partial charge is 0.479 e. The highest BCUT2D eigenvalue weighted by molar-refractivity contribution is 5.87. The third-order valence-electron chi connectivity index (χ3n) is 21.1. The van der Waals surface area contributed by atoms with E-state index in [4.69, 9.17) is 37.9 Å². The van der Waals surface area contributed by atoms with Crippen molar-refractivity contribution < 1.29 is 119 Å². The Morgan fingerprint density at radius 1 is 0.658 bits per heavy atom. The zero-order chi connectivity index (χ0) is 58.4. The van der Waals surface area contributed by atoms with Crippen molar-refractivity contribution in [2.75, 3.05) is 26.4 Å². The number of hydrogen-bond acceptors (Lipinski definition) is 23. The number of aliphatic hydroxyl groups excluding tert-OH is 12. The molecule has 0 spiro atoms. The number of ether oxygens (including phenoxy) is 8. The first-order chi connectivity index (χ1) is 36.9. The number of carbonyl (C=O) groups is 3. The van der Waals surface area contributed by atoms with E-state index in [1.807, 2.05) is 20.8 Å². The molecule has 8 aliphatic rings. The van der Waals surface area contributed by atoms with Crippen LogP contribution in [0, 0.1) is 50.2 Å². The number of carboxylic acid groups (broad SMARTS) is 1. The number of fused-ring (bicyclic) bond motifs is 7. The number of hydrogen-bond donors (Lipinski definition) is 13. The molecule has 2 unspecified atom stereocenters. The summed E-state index contributed by atoms with van der Waals surface area (Å²) >= 11 is 0. The summed E-state index contributed by atoms with van der Waals surface area (Å²) in [7, 11) is 0. The van der Waals surface area contributed by atoms with Crippen molar-refractivity contribution in [3.8, 4) is 0 Å². The minimum atomic E-state index is -2.18. The monoisotopic (exact) mass is 1130 g/mol. The summed E-state index contributed by atoms with van der Waals surface area (Å²) in [4.78, 5) is 39.5. The van der Waals surface area contributed by atoms with Gasteiger partial charge < -0.3 is 104 Å². The van der Waals surface area contributed by atoms with E-state index in [1.165, 1.54) is 6.92 Å². The molecule has 7 fully saturated rings. The van der Waals surface area contributed by atoms with Gasteiger partial charge in [-0.3, -0.25) is 4.79 Å². The second-order valence-corrected chi connectivity index (χ2v) is 25.5. The standard InChI is InChI=1S/C55H86O24/c1-10-23(2)46(71)79-43-44(72-24(3)60)55(22-59)26(17-50(43,4)5)25-11-12-30-51(6)15-14-32(52(7,21-58)29(51)13-16-53(30,8)54(25,9)18-31(55)61)75-49-41(77-48-38(67)36(65)34(63)28(20-57)74-48)39(68)40(42(78-49)45(69)70)76-47-37(66)35(64)33(62)27(19-56)73-47/h10-11,26-44,47-49,56-59,61-68H,12-22H2,1-9H3,(H,69,70)/b23-10-/t26-,27+,28+,29?,30?,31+,32-,33+,34+,35-,36-,37+,38+,39-,40-,41+,42-,43-,44-,47-,48-,49+,51-,52+,53+,54+,55-/m0/s1. The van der Waals surface area contributed by atoms with Gasteiger partial charge in [0.1, 0.15) is 79.4 Å². The minimum absolute atomic E-state index is 0.0849. The second kappa shape index (κ2) is 22.6. The van der Waals surface area contributed by atoms with Gasteiger partial charge in [-0.15, -0.1) is 0 Å². The molecule has 0 aromatic carbocycles. The number of carbonyl (C=O) groups excluding carboxylic acids is 2. The van der Waals surface area contributed by atoms with Gasteiger partial charge in [0.15, 0.2) is 25.0 Å². The molecule has 8 rings (SSSR count). The smallest absolute Gasteiger partial charge is 0.335 e. The molecule has 0 bridgehead atoms. The van der Waals surface area contributed by atoms with Crippen LogP contribution in [0.4, 0.5) is 0 Å². The maximum Gasteiger partial charge on any atom is 0.335 e. The lowest BCUT2D eigenvalue weighted by molar-refractivity contribution is -0.392. The van der Waals surface area contributed by atoms with Gasteiger partial charge in [0.05, 0.1) is 44.1 Å². The van der Waals surface area contributed by atoms with E-state index in [1.54, 1.807) is 19.9 Å². The Labute approximate surface area is 459 Å². The molecule has 450 valence electrons. The lowest BCUT2D eigenvalue weighted by Crippen LogP contribution is -2.72. The van der Waals surface area contributed by atoms with Gasteiger partial charge in [-0.2, -0.15) is 0 Å². The van der Waals surface area contributed by atoms with Crippen molar-refractivity contribution in [1.82, 2.24) is 0 Å². The van der Waals surface area contributed by atoms with E-state index < -0.39 is 199 Å². The molecule has 0 aromatic rings. The minimum Gasteiger partial charge on any atom is -0.479 e. The summed E-state index contributed by atoms with van der Waals surface area (Å²) in [6, 6.07) is 0. The average Bonchev–Trinajstić information content (AvgIpc) is 3.29. The van der Waals surface area contributed by atoms with Crippen LogP contribution in [0.25, 0.3) is 0 Å². The number of rotatable bonds is 14. The topological polar surface area (TPSA) is 388 Å². The molecule has 0 aromatic heterocycles. The Hall–Kier alpha value is -2.83. The third-order valence-corrected chi connectivity index (χ3v) is 21.1. The van der Waals surface area contributed by atoms with Crippen LogP contribution < -0.4 is 0 Å². The van der Waals surface area contributed by atoms with Crippen LogP contribution in [-0.4, -0.2) is 227 Å². The normalized spacial score (nSPS) is 50.6. The van der Waals surface area contributed by atoms with Gasteiger partial charge in [-0.05, 0) is 92.8 Å². The highest BCUT2D eigenvalue weighted by Crippen LogP contribution is 2.76. The summed E-state index contributed by atoms with van der Waals surface area (Å²) in [5.74, 6) is -3.88. The van der Waals surface area contributed by atoms with Crippen LogP contribution in [0.2, 0.25) is 0 Å². The fourth-order valence-electron chi connectivity index (χ4n) is 16.2. The molecule has 5 aliphatic carbocycles. The molecule has 3 heterocycles. The zero-order valence-corrected chi connectivity index (χ0v) is 46.4. The highest BCUT2D eigenvalue weighted by atomic mass is 16.8. The van der Waals surface area contributed by atoms with Gasteiger partial charge >= 0.3 is 17.9 Å². The fraction of sp³-hybridized carbons (Fsp3) is 0.873. The van der Waals surface area contributed by atoms with Gasteiger partial charge in [-0.1, -0.05) is 59.3 Å².